The second-order valence-electron chi connectivity index (χ2n) is 9.31. The molecule has 9 heteroatoms. The van der Waals surface area contributed by atoms with Gasteiger partial charge in [0.15, 0.2) is 0 Å². The summed E-state index contributed by atoms with van der Waals surface area (Å²) in [6.07, 6.45) is 1.85. The lowest BCUT2D eigenvalue weighted by Crippen LogP contribution is -2.39. The molecule has 4 aromatic rings. The van der Waals surface area contributed by atoms with Gasteiger partial charge in [-0.1, -0.05) is 12.1 Å². The van der Waals surface area contributed by atoms with Crippen LogP contribution in [0.4, 0.5) is 4.39 Å². The van der Waals surface area contributed by atoms with Gasteiger partial charge in [-0.15, -0.1) is 0 Å². The van der Waals surface area contributed by atoms with E-state index in [1.807, 2.05) is 37.3 Å². The van der Waals surface area contributed by atoms with Crippen LogP contribution in [0, 0.1) is 19.7 Å². The molecule has 2 aromatic carbocycles. The molecule has 5 rings (SSSR count). The molecule has 0 N–H and O–H groups in total. The molecular formula is C28H30FN5O3. The Balaban J connectivity index is 1.56. The highest BCUT2D eigenvalue weighted by atomic mass is 19.1. The number of methoxy groups -OCH3 is 1. The predicted molar refractivity (Wildman–Crippen MR) is 138 cm³/mol. The van der Waals surface area contributed by atoms with E-state index < -0.39 is 0 Å². The van der Waals surface area contributed by atoms with E-state index in [1.165, 1.54) is 12.1 Å². The van der Waals surface area contributed by atoms with Crippen molar-refractivity contribution in [2.45, 2.75) is 45.9 Å². The highest BCUT2D eigenvalue weighted by Gasteiger charge is 2.25. The van der Waals surface area contributed by atoms with Gasteiger partial charge in [-0.25, -0.2) is 19.0 Å². The van der Waals surface area contributed by atoms with Crippen molar-refractivity contribution in [3.8, 4) is 17.0 Å². The molecule has 1 fully saturated rings. The number of amides is 1. The van der Waals surface area contributed by atoms with Crippen molar-refractivity contribution >= 4 is 16.8 Å². The van der Waals surface area contributed by atoms with Gasteiger partial charge in [0.1, 0.15) is 29.8 Å². The number of para-hydroxylation sites is 1. The number of hydrogen-bond acceptors (Lipinski definition) is 6. The lowest BCUT2D eigenvalue weighted by molar-refractivity contribution is -0.134. The van der Waals surface area contributed by atoms with Crippen molar-refractivity contribution in [1.29, 1.82) is 0 Å². The Morgan fingerprint density at radius 1 is 1.19 bits per heavy atom. The smallest absolute Gasteiger partial charge is 0.244 e. The highest BCUT2D eigenvalue weighted by molar-refractivity contribution is 5.85. The first kappa shape index (κ1) is 24.8. The molecule has 37 heavy (non-hydrogen) atoms. The van der Waals surface area contributed by atoms with Gasteiger partial charge in [-0.05, 0) is 62.6 Å². The third-order valence-corrected chi connectivity index (χ3v) is 6.63. The van der Waals surface area contributed by atoms with Crippen LogP contribution in [0.5, 0.6) is 5.75 Å². The normalized spacial score (nSPS) is 15.3. The molecule has 1 aliphatic heterocycles. The standard InChI is InChI=1S/C28H30FN5O3/c1-18-30-19(2)34(32-18)17-27(35)33(16-23-7-6-12-37-23)15-21-13-20-10-11-22(29)14-25(20)31-28(21)24-8-4-5-9-26(24)36-3/h4-5,8-11,13-14,23H,6-7,12,15-17H2,1-3H3/t23-/m0/s1. The largest absolute Gasteiger partial charge is 0.496 e. The molecule has 1 aliphatic rings. The molecule has 8 nitrogen and oxygen atoms in total. The zero-order chi connectivity index (χ0) is 25.9. The summed E-state index contributed by atoms with van der Waals surface area (Å²) in [5.74, 6) is 1.52. The fourth-order valence-corrected chi connectivity index (χ4v) is 4.81. The molecule has 3 heterocycles. The van der Waals surface area contributed by atoms with Crippen molar-refractivity contribution in [1.82, 2.24) is 24.6 Å². The number of hydrogen-bond donors (Lipinski definition) is 0. The summed E-state index contributed by atoms with van der Waals surface area (Å²) in [7, 11) is 1.61. The number of rotatable bonds is 8. The molecule has 0 unspecified atom stereocenters. The van der Waals surface area contributed by atoms with E-state index in [0.29, 0.717) is 48.3 Å². The predicted octanol–water partition coefficient (Wildman–Crippen LogP) is 4.47. The summed E-state index contributed by atoms with van der Waals surface area (Å²) in [5, 5.41) is 5.16. The first-order valence-corrected chi connectivity index (χ1v) is 12.4. The van der Waals surface area contributed by atoms with E-state index in [-0.39, 0.29) is 24.4 Å². The van der Waals surface area contributed by atoms with Crippen LogP contribution in [0.2, 0.25) is 0 Å². The number of aryl methyl sites for hydroxylation is 2. The van der Waals surface area contributed by atoms with E-state index in [1.54, 1.807) is 29.7 Å². The number of pyridine rings is 1. The zero-order valence-electron chi connectivity index (χ0n) is 21.3. The van der Waals surface area contributed by atoms with Crippen LogP contribution in [0.25, 0.3) is 22.2 Å². The number of benzene rings is 2. The summed E-state index contributed by atoms with van der Waals surface area (Å²) < 4.78 is 27.2. The number of ether oxygens (including phenoxy) is 2. The van der Waals surface area contributed by atoms with Gasteiger partial charge in [0.2, 0.25) is 5.91 Å². The molecule has 0 aliphatic carbocycles. The average Bonchev–Trinajstić information content (AvgIpc) is 3.51. The Morgan fingerprint density at radius 3 is 2.76 bits per heavy atom. The van der Waals surface area contributed by atoms with Crippen LogP contribution < -0.4 is 4.74 Å². The second kappa shape index (κ2) is 10.6. The summed E-state index contributed by atoms with van der Waals surface area (Å²) in [6.45, 7) is 5.18. The Bertz CT molecular complexity index is 1430. The summed E-state index contributed by atoms with van der Waals surface area (Å²) >= 11 is 0. The van der Waals surface area contributed by atoms with Crippen molar-refractivity contribution in [2.75, 3.05) is 20.3 Å². The van der Waals surface area contributed by atoms with Gasteiger partial charge in [0, 0.05) is 36.7 Å². The van der Waals surface area contributed by atoms with Crippen LogP contribution in [-0.2, 0) is 22.6 Å². The van der Waals surface area contributed by atoms with Crippen molar-refractivity contribution in [3.63, 3.8) is 0 Å². The molecule has 1 atom stereocenters. The van der Waals surface area contributed by atoms with Crippen LogP contribution in [-0.4, -0.2) is 56.9 Å². The average molecular weight is 504 g/mol. The topological polar surface area (TPSA) is 82.4 Å². The number of nitrogens with zero attached hydrogens (tertiary/aromatic N) is 5. The Morgan fingerprint density at radius 2 is 2.03 bits per heavy atom. The van der Waals surface area contributed by atoms with E-state index in [4.69, 9.17) is 14.5 Å². The number of carbonyl (C=O) groups excluding carboxylic acids is 1. The molecule has 0 bridgehead atoms. The molecule has 1 amide bonds. The number of halogens is 1. The molecule has 0 spiro atoms. The minimum Gasteiger partial charge on any atom is -0.496 e. The van der Waals surface area contributed by atoms with Crippen molar-refractivity contribution < 1.29 is 18.7 Å². The lowest BCUT2D eigenvalue weighted by atomic mass is 10.0. The van der Waals surface area contributed by atoms with Crippen LogP contribution in [0.15, 0.2) is 48.5 Å². The Hall–Kier alpha value is -3.85. The monoisotopic (exact) mass is 503 g/mol. The summed E-state index contributed by atoms with van der Waals surface area (Å²) in [6, 6.07) is 14.1. The maximum absolute atomic E-state index is 14.1. The van der Waals surface area contributed by atoms with Crippen LogP contribution in [0.1, 0.15) is 30.1 Å². The zero-order valence-corrected chi connectivity index (χ0v) is 21.3. The highest BCUT2D eigenvalue weighted by Crippen LogP contribution is 2.33. The van der Waals surface area contributed by atoms with E-state index >= 15 is 0 Å². The van der Waals surface area contributed by atoms with E-state index in [9.17, 15) is 9.18 Å². The maximum Gasteiger partial charge on any atom is 0.244 e. The van der Waals surface area contributed by atoms with Gasteiger partial charge in [0.05, 0.1) is 24.4 Å². The number of fused-ring (bicyclic) bond motifs is 1. The van der Waals surface area contributed by atoms with Crippen LogP contribution >= 0.6 is 0 Å². The maximum atomic E-state index is 14.1. The molecule has 1 saturated heterocycles. The molecule has 0 saturated carbocycles. The quantitative estimate of drug-likeness (QED) is 0.353. The number of carbonyl (C=O) groups is 1. The van der Waals surface area contributed by atoms with Crippen LogP contribution in [0.3, 0.4) is 0 Å². The van der Waals surface area contributed by atoms with Gasteiger partial charge in [-0.3, -0.25) is 4.79 Å². The fraction of sp³-hybridized carbons (Fsp3) is 0.357. The second-order valence-corrected chi connectivity index (χ2v) is 9.31. The van der Waals surface area contributed by atoms with Gasteiger partial charge in [0.25, 0.3) is 0 Å². The number of aromatic nitrogens is 4. The molecule has 2 aromatic heterocycles. The van der Waals surface area contributed by atoms with Crippen molar-refractivity contribution in [3.05, 3.63) is 71.6 Å². The molecular weight excluding hydrogens is 473 g/mol. The summed E-state index contributed by atoms with van der Waals surface area (Å²) in [5.41, 5.74) is 2.80. The Labute approximate surface area is 215 Å². The lowest BCUT2D eigenvalue weighted by Gasteiger charge is -2.27. The first-order chi connectivity index (χ1) is 17.9. The molecule has 192 valence electrons. The third kappa shape index (κ3) is 5.46. The van der Waals surface area contributed by atoms with Gasteiger partial charge < -0.3 is 14.4 Å². The third-order valence-electron chi connectivity index (χ3n) is 6.63. The van der Waals surface area contributed by atoms with Gasteiger partial charge in [-0.2, -0.15) is 5.10 Å². The van der Waals surface area contributed by atoms with Crippen molar-refractivity contribution in [2.24, 2.45) is 0 Å². The minimum atomic E-state index is -0.354. The van der Waals surface area contributed by atoms with E-state index in [0.717, 1.165) is 29.4 Å². The van der Waals surface area contributed by atoms with Gasteiger partial charge >= 0.3 is 0 Å². The first-order valence-electron chi connectivity index (χ1n) is 12.4. The SMILES string of the molecule is COc1ccccc1-c1nc2cc(F)ccc2cc1CN(C[C@@H]1CCCO1)C(=O)Cn1nc(C)nc1C. The molecule has 0 radical (unpaired) electrons. The Kier molecular flexibility index (Phi) is 7.14. The van der Waals surface area contributed by atoms with E-state index in [2.05, 4.69) is 10.1 Å². The minimum absolute atomic E-state index is 0.0280. The summed E-state index contributed by atoms with van der Waals surface area (Å²) in [4.78, 5) is 24.6. The fourth-order valence-electron chi connectivity index (χ4n) is 4.81.